The third-order valence-corrected chi connectivity index (χ3v) is 5.13. The molecule has 0 spiro atoms. The third-order valence-electron chi connectivity index (χ3n) is 5.13. The van der Waals surface area contributed by atoms with Gasteiger partial charge in [0, 0.05) is 18.1 Å². The molecule has 2 bridgehead atoms. The molecule has 21 heavy (non-hydrogen) atoms. The fourth-order valence-corrected chi connectivity index (χ4v) is 3.90. The molecule has 3 rings (SSSR count). The Hall–Kier alpha value is -1.39. The Morgan fingerprint density at radius 2 is 2.19 bits per heavy atom. The van der Waals surface area contributed by atoms with Gasteiger partial charge in [-0.1, -0.05) is 19.1 Å². The van der Waals surface area contributed by atoms with Gasteiger partial charge < -0.3 is 15.0 Å². The van der Waals surface area contributed by atoms with Gasteiger partial charge in [0.2, 0.25) is 0 Å². The van der Waals surface area contributed by atoms with Gasteiger partial charge in [0.05, 0.1) is 12.7 Å². The quantitative estimate of drug-likeness (QED) is 0.865. The summed E-state index contributed by atoms with van der Waals surface area (Å²) in [6.07, 6.45) is 3.53. The van der Waals surface area contributed by atoms with E-state index in [0.29, 0.717) is 11.6 Å². The minimum Gasteiger partial charge on any atom is -0.465 e. The van der Waals surface area contributed by atoms with Crippen LogP contribution in [0.15, 0.2) is 24.3 Å². The van der Waals surface area contributed by atoms with Crippen molar-refractivity contribution < 1.29 is 9.53 Å². The lowest BCUT2D eigenvalue weighted by molar-refractivity contribution is 0.0445. The highest BCUT2D eigenvalue weighted by Crippen LogP contribution is 2.39. The van der Waals surface area contributed by atoms with Crippen molar-refractivity contribution >= 4 is 5.97 Å². The van der Waals surface area contributed by atoms with E-state index >= 15 is 0 Å². The van der Waals surface area contributed by atoms with E-state index in [1.807, 2.05) is 12.1 Å². The van der Waals surface area contributed by atoms with Crippen LogP contribution in [-0.4, -0.2) is 43.7 Å². The fourth-order valence-electron chi connectivity index (χ4n) is 3.90. The minimum atomic E-state index is -0.269. The molecule has 114 valence electrons. The Bertz CT molecular complexity index is 514. The van der Waals surface area contributed by atoms with E-state index in [1.165, 1.54) is 25.5 Å². The highest BCUT2D eigenvalue weighted by molar-refractivity contribution is 5.89. The summed E-state index contributed by atoms with van der Waals surface area (Å²) in [6, 6.07) is 8.62. The monoisotopic (exact) mass is 288 g/mol. The van der Waals surface area contributed by atoms with Crippen LogP contribution in [0.4, 0.5) is 0 Å². The molecular weight excluding hydrogens is 264 g/mol. The lowest BCUT2D eigenvalue weighted by Crippen LogP contribution is -2.59. The Balaban J connectivity index is 1.84. The Labute approximate surface area is 126 Å². The Kier molecular flexibility index (Phi) is 4.00. The first kappa shape index (κ1) is 14.5. The SMILES string of the molecule is CCN1CCC2(c3ccc(C(=O)OC)cc3)CC1CCN2. The first-order valence-electron chi connectivity index (χ1n) is 7.86. The lowest BCUT2D eigenvalue weighted by Gasteiger charge is -2.51. The molecule has 4 heteroatoms. The van der Waals surface area contributed by atoms with Gasteiger partial charge in [-0.05, 0) is 50.0 Å². The second-order valence-electron chi connectivity index (χ2n) is 6.10. The second kappa shape index (κ2) is 5.78. The van der Waals surface area contributed by atoms with E-state index in [9.17, 15) is 4.79 Å². The van der Waals surface area contributed by atoms with Crippen LogP contribution in [0.2, 0.25) is 0 Å². The average molecular weight is 288 g/mol. The molecule has 2 unspecified atom stereocenters. The molecule has 0 aliphatic carbocycles. The maximum absolute atomic E-state index is 11.6. The summed E-state index contributed by atoms with van der Waals surface area (Å²) in [7, 11) is 1.42. The van der Waals surface area contributed by atoms with Gasteiger partial charge in [0.15, 0.2) is 0 Å². The first-order chi connectivity index (χ1) is 10.2. The summed E-state index contributed by atoms with van der Waals surface area (Å²) in [5.41, 5.74) is 2.01. The number of ether oxygens (including phenoxy) is 1. The predicted octanol–water partition coefficient (Wildman–Crippen LogP) is 2.15. The smallest absolute Gasteiger partial charge is 0.337 e. The number of fused-ring (bicyclic) bond motifs is 2. The maximum atomic E-state index is 11.6. The molecule has 1 N–H and O–H groups in total. The van der Waals surface area contributed by atoms with E-state index in [0.717, 1.165) is 26.1 Å². The molecule has 0 saturated carbocycles. The highest BCUT2D eigenvalue weighted by Gasteiger charge is 2.42. The summed E-state index contributed by atoms with van der Waals surface area (Å²) >= 11 is 0. The molecule has 0 aromatic heterocycles. The number of carbonyl (C=O) groups excluding carboxylic acids is 1. The van der Waals surface area contributed by atoms with Crippen molar-refractivity contribution in [3.8, 4) is 0 Å². The number of esters is 1. The second-order valence-corrected chi connectivity index (χ2v) is 6.10. The van der Waals surface area contributed by atoms with Crippen LogP contribution in [-0.2, 0) is 10.3 Å². The zero-order chi connectivity index (χ0) is 14.9. The summed E-state index contributed by atoms with van der Waals surface area (Å²) in [5.74, 6) is -0.269. The van der Waals surface area contributed by atoms with Crippen molar-refractivity contribution in [1.82, 2.24) is 10.2 Å². The molecule has 2 aliphatic heterocycles. The van der Waals surface area contributed by atoms with Gasteiger partial charge in [-0.25, -0.2) is 4.79 Å². The predicted molar refractivity (Wildman–Crippen MR) is 82.3 cm³/mol. The van der Waals surface area contributed by atoms with Crippen LogP contribution in [0, 0.1) is 0 Å². The van der Waals surface area contributed by atoms with Crippen LogP contribution in [0.1, 0.15) is 42.1 Å². The molecular formula is C17H24N2O2. The topological polar surface area (TPSA) is 41.6 Å². The van der Waals surface area contributed by atoms with Crippen molar-refractivity contribution in [2.45, 2.75) is 37.8 Å². The van der Waals surface area contributed by atoms with Crippen LogP contribution in [0.3, 0.4) is 0 Å². The standard InChI is InChI=1S/C17H24N2O2/c1-3-19-11-9-17(12-15(19)8-10-18-17)14-6-4-13(5-7-14)16(20)21-2/h4-7,15,18H,3,8-12H2,1-2H3. The summed E-state index contributed by atoms with van der Waals surface area (Å²) in [4.78, 5) is 14.2. The third kappa shape index (κ3) is 2.58. The van der Waals surface area contributed by atoms with Crippen LogP contribution in [0.5, 0.6) is 0 Å². The maximum Gasteiger partial charge on any atom is 0.337 e. The van der Waals surface area contributed by atoms with Crippen LogP contribution >= 0.6 is 0 Å². The number of hydrogen-bond acceptors (Lipinski definition) is 4. The van der Waals surface area contributed by atoms with E-state index in [2.05, 4.69) is 29.3 Å². The number of benzene rings is 1. The van der Waals surface area contributed by atoms with E-state index in [4.69, 9.17) is 4.74 Å². The molecule has 1 aromatic carbocycles. The molecule has 0 amide bonds. The zero-order valence-electron chi connectivity index (χ0n) is 12.9. The fraction of sp³-hybridized carbons (Fsp3) is 0.588. The molecule has 4 nitrogen and oxygen atoms in total. The molecule has 0 radical (unpaired) electrons. The zero-order valence-corrected chi connectivity index (χ0v) is 12.9. The minimum absolute atomic E-state index is 0.0865. The van der Waals surface area contributed by atoms with Crippen LogP contribution < -0.4 is 5.32 Å². The van der Waals surface area contributed by atoms with Gasteiger partial charge >= 0.3 is 5.97 Å². The largest absolute Gasteiger partial charge is 0.465 e. The molecule has 2 atom stereocenters. The van der Waals surface area contributed by atoms with Crippen LogP contribution in [0.25, 0.3) is 0 Å². The molecule has 2 saturated heterocycles. The molecule has 2 fully saturated rings. The molecule has 2 heterocycles. The van der Waals surface area contributed by atoms with Crippen molar-refractivity contribution in [3.05, 3.63) is 35.4 Å². The summed E-state index contributed by atoms with van der Waals surface area (Å²) in [6.45, 7) is 5.61. The highest BCUT2D eigenvalue weighted by atomic mass is 16.5. The Morgan fingerprint density at radius 3 is 2.86 bits per heavy atom. The number of rotatable bonds is 3. The van der Waals surface area contributed by atoms with Gasteiger partial charge in [0.1, 0.15) is 0 Å². The van der Waals surface area contributed by atoms with Crippen molar-refractivity contribution in [2.75, 3.05) is 26.7 Å². The number of nitrogens with zero attached hydrogens (tertiary/aromatic N) is 1. The van der Waals surface area contributed by atoms with Crippen molar-refractivity contribution in [1.29, 1.82) is 0 Å². The number of likely N-dealkylation sites (tertiary alicyclic amines) is 1. The number of hydrogen-bond donors (Lipinski definition) is 1. The number of nitrogens with one attached hydrogen (secondary N) is 1. The normalized spacial score (nSPS) is 29.1. The van der Waals surface area contributed by atoms with Gasteiger partial charge in [0.25, 0.3) is 0 Å². The number of piperidine rings is 2. The number of carbonyl (C=O) groups is 1. The van der Waals surface area contributed by atoms with Gasteiger partial charge in [-0.2, -0.15) is 0 Å². The van der Waals surface area contributed by atoms with E-state index < -0.39 is 0 Å². The van der Waals surface area contributed by atoms with Gasteiger partial charge in [-0.3, -0.25) is 0 Å². The summed E-state index contributed by atoms with van der Waals surface area (Å²) < 4.78 is 4.77. The summed E-state index contributed by atoms with van der Waals surface area (Å²) in [5, 5.41) is 3.74. The van der Waals surface area contributed by atoms with Gasteiger partial charge in [-0.15, -0.1) is 0 Å². The number of methoxy groups -OCH3 is 1. The molecule has 2 aliphatic rings. The van der Waals surface area contributed by atoms with E-state index in [1.54, 1.807) is 0 Å². The lowest BCUT2D eigenvalue weighted by atomic mass is 9.74. The van der Waals surface area contributed by atoms with E-state index in [-0.39, 0.29) is 11.5 Å². The average Bonchev–Trinajstić information content (AvgIpc) is 2.55. The van der Waals surface area contributed by atoms with Crippen molar-refractivity contribution in [3.63, 3.8) is 0 Å². The Morgan fingerprint density at radius 1 is 1.43 bits per heavy atom. The van der Waals surface area contributed by atoms with Crippen molar-refractivity contribution in [2.24, 2.45) is 0 Å². The first-order valence-corrected chi connectivity index (χ1v) is 7.86. The molecule has 1 aromatic rings.